The van der Waals surface area contributed by atoms with Gasteiger partial charge in [0.25, 0.3) is 0 Å². The lowest BCUT2D eigenvalue weighted by molar-refractivity contribution is -0.122. The van der Waals surface area contributed by atoms with Crippen LogP contribution in [0.4, 0.5) is 0 Å². The Balaban J connectivity index is 2.48. The van der Waals surface area contributed by atoms with Crippen LogP contribution >= 0.6 is 22.9 Å². The Labute approximate surface area is 104 Å². The number of carbonyl (C=O) groups is 1. The first-order chi connectivity index (χ1) is 7.54. The monoisotopic (exact) mass is 261 g/mol. The fourth-order valence-corrected chi connectivity index (χ4v) is 2.29. The Bertz CT molecular complexity index is 354. The van der Waals surface area contributed by atoms with Crippen LogP contribution in [-0.4, -0.2) is 24.2 Å². The summed E-state index contributed by atoms with van der Waals surface area (Å²) in [5.74, 6) is -0.134. The van der Waals surface area contributed by atoms with Crippen LogP contribution in [0.25, 0.3) is 0 Å². The van der Waals surface area contributed by atoms with E-state index in [1.165, 1.54) is 11.3 Å². The van der Waals surface area contributed by atoms with Gasteiger partial charge in [-0.25, -0.2) is 0 Å². The first-order valence-electron chi connectivity index (χ1n) is 5.18. The molecule has 16 heavy (non-hydrogen) atoms. The van der Waals surface area contributed by atoms with Crippen molar-refractivity contribution < 1.29 is 9.90 Å². The van der Waals surface area contributed by atoms with Crippen LogP contribution in [0.2, 0.25) is 4.34 Å². The normalized spacial score (nSPS) is 14.5. The average Bonchev–Trinajstić information content (AvgIpc) is 2.71. The maximum atomic E-state index is 11.7. The minimum Gasteiger partial charge on any atom is -0.396 e. The number of rotatable bonds is 5. The zero-order chi connectivity index (χ0) is 12.1. The summed E-state index contributed by atoms with van der Waals surface area (Å²) in [6, 6.07) is 3.66. The number of hydrogen-bond donors (Lipinski definition) is 2. The summed E-state index contributed by atoms with van der Waals surface area (Å²) in [5.41, 5.74) is 0. The van der Waals surface area contributed by atoms with Crippen molar-refractivity contribution in [2.45, 2.75) is 19.8 Å². The second-order valence-electron chi connectivity index (χ2n) is 3.90. The molecule has 3 nitrogen and oxygen atoms in total. The van der Waals surface area contributed by atoms with Crippen molar-refractivity contribution in [3.05, 3.63) is 21.3 Å². The molecule has 90 valence electrons. The second kappa shape index (κ2) is 6.23. The van der Waals surface area contributed by atoms with E-state index < -0.39 is 0 Å². The van der Waals surface area contributed by atoms with Gasteiger partial charge < -0.3 is 10.4 Å². The van der Waals surface area contributed by atoms with Gasteiger partial charge in [0.1, 0.15) is 0 Å². The third-order valence-electron chi connectivity index (χ3n) is 2.35. The number of aliphatic hydroxyl groups excluding tert-OH is 1. The summed E-state index contributed by atoms with van der Waals surface area (Å²) in [6.07, 6.45) is 0. The number of amides is 1. The molecule has 1 heterocycles. The van der Waals surface area contributed by atoms with Crippen LogP contribution in [-0.2, 0) is 4.79 Å². The molecule has 2 N–H and O–H groups in total. The Morgan fingerprint density at radius 1 is 1.56 bits per heavy atom. The summed E-state index contributed by atoms with van der Waals surface area (Å²) in [6.45, 7) is 4.31. The molecule has 0 spiro atoms. The molecule has 0 radical (unpaired) electrons. The standard InChI is InChI=1S/C11H16ClNO2S/c1-7(6-14)5-13-11(15)8(2)9-3-4-10(12)16-9/h3-4,7-8,14H,5-6H2,1-2H3,(H,13,15). The highest BCUT2D eigenvalue weighted by atomic mass is 35.5. The minimum atomic E-state index is -0.191. The molecule has 1 aromatic heterocycles. The molecule has 2 unspecified atom stereocenters. The van der Waals surface area contributed by atoms with Gasteiger partial charge in [-0.1, -0.05) is 18.5 Å². The van der Waals surface area contributed by atoms with Crippen LogP contribution < -0.4 is 5.32 Å². The molecule has 0 saturated carbocycles. The molecular formula is C11H16ClNO2S. The van der Waals surface area contributed by atoms with E-state index in [0.717, 1.165) is 4.88 Å². The van der Waals surface area contributed by atoms with Gasteiger partial charge in [-0.2, -0.15) is 0 Å². The van der Waals surface area contributed by atoms with Crippen LogP contribution in [0, 0.1) is 5.92 Å². The predicted molar refractivity (Wildman–Crippen MR) is 67.0 cm³/mol. The van der Waals surface area contributed by atoms with E-state index in [0.29, 0.717) is 10.9 Å². The van der Waals surface area contributed by atoms with Crippen molar-refractivity contribution in [2.24, 2.45) is 5.92 Å². The zero-order valence-electron chi connectivity index (χ0n) is 9.37. The molecule has 0 aliphatic heterocycles. The highest BCUT2D eigenvalue weighted by Gasteiger charge is 2.17. The van der Waals surface area contributed by atoms with Gasteiger partial charge in [0, 0.05) is 18.0 Å². The predicted octanol–water partition coefficient (Wildman–Crippen LogP) is 2.25. The van der Waals surface area contributed by atoms with Gasteiger partial charge in [-0.3, -0.25) is 4.79 Å². The molecular weight excluding hydrogens is 246 g/mol. The van der Waals surface area contributed by atoms with Crippen molar-refractivity contribution in [3.8, 4) is 0 Å². The lowest BCUT2D eigenvalue weighted by Crippen LogP contribution is -2.32. The first kappa shape index (κ1) is 13.5. The zero-order valence-corrected chi connectivity index (χ0v) is 10.9. The van der Waals surface area contributed by atoms with E-state index in [9.17, 15) is 4.79 Å². The van der Waals surface area contributed by atoms with Crippen molar-refractivity contribution >= 4 is 28.8 Å². The summed E-state index contributed by atoms with van der Waals surface area (Å²) in [4.78, 5) is 12.7. The second-order valence-corrected chi connectivity index (χ2v) is 5.64. The van der Waals surface area contributed by atoms with E-state index in [1.807, 2.05) is 19.9 Å². The van der Waals surface area contributed by atoms with Crippen molar-refractivity contribution in [1.82, 2.24) is 5.32 Å². The lowest BCUT2D eigenvalue weighted by Gasteiger charge is -2.13. The van der Waals surface area contributed by atoms with E-state index in [2.05, 4.69) is 5.32 Å². The molecule has 0 saturated heterocycles. The number of nitrogens with one attached hydrogen (secondary N) is 1. The summed E-state index contributed by atoms with van der Waals surface area (Å²) in [7, 11) is 0. The average molecular weight is 262 g/mol. The highest BCUT2D eigenvalue weighted by molar-refractivity contribution is 7.16. The van der Waals surface area contributed by atoms with Gasteiger partial charge in [-0.15, -0.1) is 11.3 Å². The fraction of sp³-hybridized carbons (Fsp3) is 0.545. The molecule has 5 heteroatoms. The SMILES string of the molecule is CC(CO)CNC(=O)C(C)c1ccc(Cl)s1. The largest absolute Gasteiger partial charge is 0.396 e. The fourth-order valence-electron chi connectivity index (χ4n) is 1.18. The third-order valence-corrected chi connectivity index (χ3v) is 3.76. The molecule has 0 aromatic carbocycles. The number of carbonyl (C=O) groups excluding carboxylic acids is 1. The van der Waals surface area contributed by atoms with E-state index >= 15 is 0 Å². The Morgan fingerprint density at radius 2 is 2.25 bits per heavy atom. The molecule has 1 amide bonds. The van der Waals surface area contributed by atoms with E-state index in [1.54, 1.807) is 6.07 Å². The number of halogens is 1. The van der Waals surface area contributed by atoms with Gasteiger partial charge in [-0.05, 0) is 25.0 Å². The topological polar surface area (TPSA) is 49.3 Å². The van der Waals surface area contributed by atoms with Crippen LogP contribution in [0.15, 0.2) is 12.1 Å². The smallest absolute Gasteiger partial charge is 0.228 e. The number of hydrogen-bond acceptors (Lipinski definition) is 3. The van der Waals surface area contributed by atoms with Crippen LogP contribution in [0.5, 0.6) is 0 Å². The summed E-state index contributed by atoms with van der Waals surface area (Å²) >= 11 is 7.23. The Kier molecular flexibility index (Phi) is 5.25. The van der Waals surface area contributed by atoms with Crippen LogP contribution in [0.3, 0.4) is 0 Å². The Hall–Kier alpha value is -0.580. The molecule has 0 aliphatic rings. The minimum absolute atomic E-state index is 0.0289. The maximum absolute atomic E-state index is 11.7. The van der Waals surface area contributed by atoms with Gasteiger partial charge in [0.15, 0.2) is 0 Å². The summed E-state index contributed by atoms with van der Waals surface area (Å²) < 4.78 is 0.693. The molecule has 0 aliphatic carbocycles. The quantitative estimate of drug-likeness (QED) is 0.854. The highest BCUT2D eigenvalue weighted by Crippen LogP contribution is 2.27. The molecule has 1 aromatic rings. The molecule has 0 fully saturated rings. The number of aliphatic hydroxyl groups is 1. The summed E-state index contributed by atoms with van der Waals surface area (Å²) in [5, 5.41) is 11.6. The van der Waals surface area contributed by atoms with Crippen molar-refractivity contribution in [3.63, 3.8) is 0 Å². The van der Waals surface area contributed by atoms with E-state index in [-0.39, 0.29) is 24.3 Å². The van der Waals surface area contributed by atoms with Gasteiger partial charge in [0.2, 0.25) is 5.91 Å². The van der Waals surface area contributed by atoms with Crippen molar-refractivity contribution in [2.75, 3.05) is 13.2 Å². The Morgan fingerprint density at radius 3 is 2.75 bits per heavy atom. The van der Waals surface area contributed by atoms with Gasteiger partial charge in [0.05, 0.1) is 10.3 Å². The van der Waals surface area contributed by atoms with Crippen LogP contribution in [0.1, 0.15) is 24.6 Å². The molecule has 1 rings (SSSR count). The number of thiophene rings is 1. The first-order valence-corrected chi connectivity index (χ1v) is 6.37. The van der Waals surface area contributed by atoms with E-state index in [4.69, 9.17) is 16.7 Å². The molecule has 2 atom stereocenters. The molecule has 0 bridgehead atoms. The lowest BCUT2D eigenvalue weighted by atomic mass is 10.1. The van der Waals surface area contributed by atoms with Gasteiger partial charge >= 0.3 is 0 Å². The third kappa shape index (κ3) is 3.77. The maximum Gasteiger partial charge on any atom is 0.228 e. The van der Waals surface area contributed by atoms with Crippen molar-refractivity contribution in [1.29, 1.82) is 0 Å².